The summed E-state index contributed by atoms with van der Waals surface area (Å²) in [5, 5.41) is 11.9. The summed E-state index contributed by atoms with van der Waals surface area (Å²) in [4.78, 5) is 13.7. The number of ether oxygens (including phenoxy) is 1. The van der Waals surface area contributed by atoms with Gasteiger partial charge in [-0.2, -0.15) is 0 Å². The molecule has 5 nitrogen and oxygen atoms in total. The fourth-order valence-electron chi connectivity index (χ4n) is 2.10. The molecule has 19 heavy (non-hydrogen) atoms. The number of rotatable bonds is 5. The van der Waals surface area contributed by atoms with Crippen LogP contribution in [0.3, 0.4) is 0 Å². The molecule has 2 rings (SSSR count). The van der Waals surface area contributed by atoms with Crippen molar-refractivity contribution in [3.05, 3.63) is 35.9 Å². The van der Waals surface area contributed by atoms with Gasteiger partial charge in [0, 0.05) is 19.7 Å². The minimum Gasteiger partial charge on any atom is -0.395 e. The Morgan fingerprint density at radius 2 is 2.21 bits per heavy atom. The van der Waals surface area contributed by atoms with Crippen molar-refractivity contribution in [2.75, 3.05) is 19.8 Å². The summed E-state index contributed by atoms with van der Waals surface area (Å²) in [7, 11) is 0. The fraction of sp³-hybridized carbons (Fsp3) is 0.500. The van der Waals surface area contributed by atoms with Crippen molar-refractivity contribution in [3.63, 3.8) is 0 Å². The first-order valence-corrected chi connectivity index (χ1v) is 6.61. The number of carbonyl (C=O) groups is 1. The van der Waals surface area contributed by atoms with Gasteiger partial charge in [-0.25, -0.2) is 4.79 Å². The van der Waals surface area contributed by atoms with E-state index in [9.17, 15) is 4.79 Å². The Hall–Kier alpha value is -1.59. The second kappa shape index (κ2) is 7.11. The number of nitrogens with zero attached hydrogens (tertiary/aromatic N) is 1. The predicted octanol–water partition coefficient (Wildman–Crippen LogP) is 1.33. The summed E-state index contributed by atoms with van der Waals surface area (Å²) >= 11 is 0. The number of benzene rings is 1. The summed E-state index contributed by atoms with van der Waals surface area (Å²) < 4.78 is 5.38. The Kier molecular flexibility index (Phi) is 5.18. The molecule has 1 saturated heterocycles. The minimum atomic E-state index is -0.190. The topological polar surface area (TPSA) is 61.8 Å². The second-order valence-electron chi connectivity index (χ2n) is 4.58. The maximum absolute atomic E-state index is 12.1. The van der Waals surface area contributed by atoms with Crippen molar-refractivity contribution in [2.24, 2.45) is 0 Å². The summed E-state index contributed by atoms with van der Waals surface area (Å²) in [5.41, 5.74) is 1.04. The van der Waals surface area contributed by atoms with E-state index in [0.29, 0.717) is 19.7 Å². The Morgan fingerprint density at radius 3 is 2.84 bits per heavy atom. The van der Waals surface area contributed by atoms with Gasteiger partial charge >= 0.3 is 6.03 Å². The fourth-order valence-corrected chi connectivity index (χ4v) is 2.10. The molecule has 1 unspecified atom stereocenters. The number of hydrogen-bond donors (Lipinski definition) is 2. The normalized spacial score (nSPS) is 18.3. The standard InChI is InChI=1S/C14H20N2O3/c17-9-8-16(11-12-5-2-1-3-6-12)14(18)15-13-7-4-10-19-13/h1-3,5-6,13,17H,4,7-11H2,(H,15,18). The van der Waals surface area contributed by atoms with Crippen LogP contribution in [0.4, 0.5) is 4.79 Å². The van der Waals surface area contributed by atoms with Crippen LogP contribution in [-0.4, -0.2) is 42.0 Å². The number of aliphatic hydroxyl groups is 1. The van der Waals surface area contributed by atoms with Gasteiger partial charge < -0.3 is 20.1 Å². The third kappa shape index (κ3) is 4.22. The Bertz CT molecular complexity index is 391. The van der Waals surface area contributed by atoms with Gasteiger partial charge in [-0.15, -0.1) is 0 Å². The third-order valence-corrected chi connectivity index (χ3v) is 3.09. The molecule has 104 valence electrons. The van der Waals surface area contributed by atoms with Gasteiger partial charge in [0.2, 0.25) is 0 Å². The Labute approximate surface area is 113 Å². The van der Waals surface area contributed by atoms with Crippen molar-refractivity contribution in [1.29, 1.82) is 0 Å². The zero-order chi connectivity index (χ0) is 13.5. The molecule has 1 aromatic carbocycles. The van der Waals surface area contributed by atoms with E-state index in [0.717, 1.165) is 18.4 Å². The lowest BCUT2D eigenvalue weighted by atomic mass is 10.2. The van der Waals surface area contributed by atoms with Crippen LogP contribution >= 0.6 is 0 Å². The highest BCUT2D eigenvalue weighted by Gasteiger charge is 2.21. The first-order chi connectivity index (χ1) is 9.29. The van der Waals surface area contributed by atoms with E-state index in [1.54, 1.807) is 4.90 Å². The molecule has 2 amide bonds. The molecule has 1 atom stereocenters. The van der Waals surface area contributed by atoms with Crippen LogP contribution in [0.15, 0.2) is 30.3 Å². The molecule has 0 radical (unpaired) electrons. The average Bonchev–Trinajstić information content (AvgIpc) is 2.92. The van der Waals surface area contributed by atoms with E-state index in [-0.39, 0.29) is 18.9 Å². The van der Waals surface area contributed by atoms with Crippen LogP contribution in [0.5, 0.6) is 0 Å². The number of carbonyl (C=O) groups excluding carboxylic acids is 1. The van der Waals surface area contributed by atoms with Crippen LogP contribution in [-0.2, 0) is 11.3 Å². The highest BCUT2D eigenvalue weighted by Crippen LogP contribution is 2.10. The summed E-state index contributed by atoms with van der Waals surface area (Å²) in [5.74, 6) is 0. The molecule has 5 heteroatoms. The molecule has 1 aliphatic rings. The van der Waals surface area contributed by atoms with Crippen molar-refractivity contribution >= 4 is 6.03 Å². The largest absolute Gasteiger partial charge is 0.395 e. The maximum atomic E-state index is 12.1. The van der Waals surface area contributed by atoms with E-state index < -0.39 is 0 Å². The molecule has 1 aliphatic heterocycles. The van der Waals surface area contributed by atoms with Gasteiger partial charge in [0.15, 0.2) is 0 Å². The van der Waals surface area contributed by atoms with E-state index in [4.69, 9.17) is 9.84 Å². The number of amides is 2. The Balaban J connectivity index is 1.92. The van der Waals surface area contributed by atoms with Crippen molar-refractivity contribution in [3.8, 4) is 0 Å². The van der Waals surface area contributed by atoms with E-state index in [1.807, 2.05) is 30.3 Å². The number of aliphatic hydroxyl groups excluding tert-OH is 1. The monoisotopic (exact) mass is 264 g/mol. The molecule has 0 aromatic heterocycles. The number of nitrogens with one attached hydrogen (secondary N) is 1. The highest BCUT2D eigenvalue weighted by atomic mass is 16.5. The molecule has 0 spiro atoms. The smallest absolute Gasteiger partial charge is 0.319 e. The number of urea groups is 1. The zero-order valence-electron chi connectivity index (χ0n) is 10.9. The summed E-state index contributed by atoms with van der Waals surface area (Å²) in [6.45, 7) is 1.45. The molecule has 0 saturated carbocycles. The van der Waals surface area contributed by atoms with Crippen molar-refractivity contribution in [2.45, 2.75) is 25.6 Å². The molecular formula is C14H20N2O3. The number of hydrogen-bond acceptors (Lipinski definition) is 3. The van der Waals surface area contributed by atoms with E-state index in [2.05, 4.69) is 5.32 Å². The van der Waals surface area contributed by atoms with Gasteiger partial charge in [0.1, 0.15) is 6.23 Å². The minimum absolute atomic E-state index is 0.0498. The molecular weight excluding hydrogens is 244 g/mol. The Morgan fingerprint density at radius 1 is 1.42 bits per heavy atom. The lowest BCUT2D eigenvalue weighted by Crippen LogP contribution is -2.45. The molecule has 0 aliphatic carbocycles. The summed E-state index contributed by atoms with van der Waals surface area (Å²) in [6, 6.07) is 9.54. The van der Waals surface area contributed by atoms with Crippen molar-refractivity contribution in [1.82, 2.24) is 10.2 Å². The van der Waals surface area contributed by atoms with Crippen molar-refractivity contribution < 1.29 is 14.6 Å². The van der Waals surface area contributed by atoms with Gasteiger partial charge in [-0.1, -0.05) is 30.3 Å². The molecule has 1 fully saturated rings. The van der Waals surface area contributed by atoms with E-state index in [1.165, 1.54) is 0 Å². The average molecular weight is 264 g/mol. The lowest BCUT2D eigenvalue weighted by molar-refractivity contribution is 0.0812. The zero-order valence-corrected chi connectivity index (χ0v) is 10.9. The molecule has 2 N–H and O–H groups in total. The van der Waals surface area contributed by atoms with Gasteiger partial charge in [0.25, 0.3) is 0 Å². The first kappa shape index (κ1) is 13.8. The van der Waals surface area contributed by atoms with E-state index >= 15 is 0 Å². The van der Waals surface area contributed by atoms with Crippen LogP contribution in [0.2, 0.25) is 0 Å². The first-order valence-electron chi connectivity index (χ1n) is 6.61. The quantitative estimate of drug-likeness (QED) is 0.843. The van der Waals surface area contributed by atoms with Gasteiger partial charge in [-0.3, -0.25) is 0 Å². The van der Waals surface area contributed by atoms with Crippen LogP contribution in [0.1, 0.15) is 18.4 Å². The molecule has 1 aromatic rings. The SMILES string of the molecule is O=C(NC1CCCO1)N(CCO)Cc1ccccc1. The molecule has 1 heterocycles. The second-order valence-corrected chi connectivity index (χ2v) is 4.58. The van der Waals surface area contributed by atoms with Gasteiger partial charge in [0.05, 0.1) is 6.61 Å². The van der Waals surface area contributed by atoms with Gasteiger partial charge in [-0.05, 0) is 18.4 Å². The lowest BCUT2D eigenvalue weighted by Gasteiger charge is -2.24. The molecule has 0 bridgehead atoms. The predicted molar refractivity (Wildman–Crippen MR) is 71.4 cm³/mol. The van der Waals surface area contributed by atoms with Crippen LogP contribution < -0.4 is 5.32 Å². The van der Waals surface area contributed by atoms with Crippen LogP contribution in [0, 0.1) is 0 Å². The van der Waals surface area contributed by atoms with Crippen LogP contribution in [0.25, 0.3) is 0 Å². The summed E-state index contributed by atoms with van der Waals surface area (Å²) in [6.07, 6.45) is 1.64. The highest BCUT2D eigenvalue weighted by molar-refractivity contribution is 5.74. The third-order valence-electron chi connectivity index (χ3n) is 3.09. The maximum Gasteiger partial charge on any atom is 0.319 e.